The van der Waals surface area contributed by atoms with Gasteiger partial charge in [0.25, 0.3) is 0 Å². The van der Waals surface area contributed by atoms with Gasteiger partial charge in [-0.1, -0.05) is 0 Å². The summed E-state index contributed by atoms with van der Waals surface area (Å²) in [5, 5.41) is 13.3. The van der Waals surface area contributed by atoms with Crippen molar-refractivity contribution in [2.75, 3.05) is 5.88 Å². The number of carbonyl (C=O) groups excluding carboxylic acids is 1. The normalized spacial score (nSPS) is 30.4. The summed E-state index contributed by atoms with van der Waals surface area (Å²) in [6.45, 7) is 3.80. The molecule has 1 N–H and O–H groups in total. The molecule has 1 aliphatic heterocycles. The van der Waals surface area contributed by atoms with Crippen LogP contribution in [0.3, 0.4) is 0 Å². The monoisotopic (exact) mass is 160 g/mol. The third-order valence-corrected chi connectivity index (χ3v) is 2.95. The Bertz CT molecular complexity index is 158. The lowest BCUT2D eigenvalue weighted by Gasteiger charge is -2.25. The number of carbonyl (C=O) groups is 1. The average Bonchev–Trinajstić information content (AvgIpc) is 2.08. The first-order valence-electron chi connectivity index (χ1n) is 3.12. The van der Waals surface area contributed by atoms with E-state index in [9.17, 15) is 9.90 Å². The second-order valence-corrected chi connectivity index (χ2v) is 4.48. The van der Waals surface area contributed by atoms with Gasteiger partial charge in [0.15, 0.2) is 0 Å². The van der Waals surface area contributed by atoms with Crippen LogP contribution in [0.4, 0.5) is 0 Å². The fourth-order valence-electron chi connectivity index (χ4n) is 1.01. The van der Waals surface area contributed by atoms with Crippen LogP contribution in [0.1, 0.15) is 13.8 Å². The minimum atomic E-state index is -1.00. The van der Waals surface area contributed by atoms with Crippen LogP contribution < -0.4 is 10.4 Å². The molecule has 0 spiro atoms. The molecule has 1 unspecified atom stereocenters. The van der Waals surface area contributed by atoms with E-state index in [1.165, 1.54) is 0 Å². The molecule has 0 aliphatic carbocycles. The van der Waals surface area contributed by atoms with Gasteiger partial charge in [0.05, 0.1) is 12.0 Å². The molecule has 58 valence electrons. The highest BCUT2D eigenvalue weighted by Gasteiger charge is 2.35. The third-order valence-electron chi connectivity index (χ3n) is 1.66. The van der Waals surface area contributed by atoms with E-state index in [0.29, 0.717) is 5.88 Å². The van der Waals surface area contributed by atoms with E-state index < -0.39 is 12.0 Å². The smallest absolute Gasteiger partial charge is 0.0618 e. The number of carboxylic acid groups (broad SMARTS) is 1. The van der Waals surface area contributed by atoms with E-state index >= 15 is 0 Å². The molecule has 1 saturated heterocycles. The average molecular weight is 160 g/mol. The second-order valence-electron chi connectivity index (χ2n) is 2.85. The molecule has 1 heterocycles. The van der Waals surface area contributed by atoms with Crippen molar-refractivity contribution in [3.8, 4) is 0 Å². The number of aliphatic carboxylic acids is 1. The highest BCUT2D eigenvalue weighted by Crippen LogP contribution is 2.32. The van der Waals surface area contributed by atoms with Crippen LogP contribution in [-0.2, 0) is 4.79 Å². The van der Waals surface area contributed by atoms with Gasteiger partial charge in [-0.25, -0.2) is 0 Å². The van der Waals surface area contributed by atoms with Crippen LogP contribution in [0.5, 0.6) is 0 Å². The number of hydrogen-bond donors (Lipinski definition) is 1. The maximum absolute atomic E-state index is 10.4. The molecule has 0 aromatic carbocycles. The van der Waals surface area contributed by atoms with Gasteiger partial charge in [0.1, 0.15) is 0 Å². The minimum absolute atomic E-state index is 0.223. The van der Waals surface area contributed by atoms with Crippen LogP contribution in [0, 0.1) is 0 Å². The Labute approximate surface area is 64.2 Å². The first kappa shape index (κ1) is 7.88. The third kappa shape index (κ3) is 1.27. The molecule has 4 heteroatoms. The molecule has 0 radical (unpaired) electrons. The lowest BCUT2D eigenvalue weighted by atomic mass is 10.0. The minimum Gasteiger partial charge on any atom is -0.548 e. The molecule has 10 heavy (non-hydrogen) atoms. The van der Waals surface area contributed by atoms with Gasteiger partial charge in [-0.3, -0.25) is 5.32 Å². The molecule has 0 aromatic heterocycles. The molecule has 3 nitrogen and oxygen atoms in total. The second kappa shape index (κ2) is 2.43. The van der Waals surface area contributed by atoms with Gasteiger partial charge in [-0.2, -0.15) is 0 Å². The Morgan fingerprint density at radius 2 is 2.40 bits per heavy atom. The van der Waals surface area contributed by atoms with Crippen LogP contribution >= 0.6 is 11.8 Å². The number of carboxylic acids is 1. The number of rotatable bonds is 1. The summed E-state index contributed by atoms with van der Waals surface area (Å²) in [5.74, 6) is -0.305. The quantitative estimate of drug-likeness (QED) is 0.544. The van der Waals surface area contributed by atoms with Crippen LogP contribution in [0.15, 0.2) is 0 Å². The molecular weight excluding hydrogens is 150 g/mol. The fraction of sp³-hybridized carbons (Fsp3) is 0.833. The largest absolute Gasteiger partial charge is 0.548 e. The van der Waals surface area contributed by atoms with E-state index in [1.54, 1.807) is 11.8 Å². The lowest BCUT2D eigenvalue weighted by Crippen LogP contribution is -2.50. The van der Waals surface area contributed by atoms with Gasteiger partial charge in [0, 0.05) is 10.6 Å². The Kier molecular flexibility index (Phi) is 1.92. The molecule has 1 fully saturated rings. The Balaban J connectivity index is 2.68. The molecule has 1 atom stereocenters. The zero-order valence-corrected chi connectivity index (χ0v) is 6.83. The Hall–Kier alpha value is -0.220. The number of thioether (sulfide) groups is 1. The van der Waals surface area contributed by atoms with Crippen LogP contribution in [0.25, 0.3) is 0 Å². The lowest BCUT2D eigenvalue weighted by molar-refractivity contribution is -0.308. The van der Waals surface area contributed by atoms with E-state index in [0.717, 1.165) is 0 Å². The van der Waals surface area contributed by atoms with E-state index in [2.05, 4.69) is 5.32 Å². The van der Waals surface area contributed by atoms with Gasteiger partial charge in [-0.05, 0) is 13.8 Å². The van der Waals surface area contributed by atoms with Gasteiger partial charge in [-0.15, -0.1) is 11.8 Å². The summed E-state index contributed by atoms with van der Waals surface area (Å²) in [6.07, 6.45) is 0. The van der Waals surface area contributed by atoms with Crippen molar-refractivity contribution in [1.29, 1.82) is 0 Å². The van der Waals surface area contributed by atoms with Crippen molar-refractivity contribution < 1.29 is 9.90 Å². The summed E-state index contributed by atoms with van der Waals surface area (Å²) in [4.78, 5) is 10.4. The molecule has 0 amide bonds. The standard InChI is InChI=1S/C6H11NO2S/c1-6(2)4(5(8)9)7-3-10-6/h4,7H,3H2,1-2H3,(H,8,9)/p-1. The predicted molar refractivity (Wildman–Crippen MR) is 38.5 cm³/mol. The number of hydrogen-bond acceptors (Lipinski definition) is 4. The fourth-order valence-corrected chi connectivity index (χ4v) is 1.98. The highest BCUT2D eigenvalue weighted by molar-refractivity contribution is 8.00. The summed E-state index contributed by atoms with van der Waals surface area (Å²) in [6, 6.07) is -0.502. The zero-order chi connectivity index (χ0) is 7.78. The molecule has 0 bridgehead atoms. The summed E-state index contributed by atoms with van der Waals surface area (Å²) >= 11 is 1.60. The molecule has 1 aliphatic rings. The molecule has 0 saturated carbocycles. The topological polar surface area (TPSA) is 52.2 Å². The Morgan fingerprint density at radius 3 is 2.60 bits per heavy atom. The van der Waals surface area contributed by atoms with Crippen LogP contribution in [-0.4, -0.2) is 22.6 Å². The molecular formula is C6H10NO2S-. The summed E-state index contributed by atoms with van der Waals surface area (Å²) in [5.41, 5.74) is 0. The first-order chi connectivity index (χ1) is 4.54. The van der Waals surface area contributed by atoms with Gasteiger partial charge in [0.2, 0.25) is 0 Å². The van der Waals surface area contributed by atoms with Crippen molar-refractivity contribution in [2.24, 2.45) is 0 Å². The predicted octanol–water partition coefficient (Wildman–Crippen LogP) is -0.823. The van der Waals surface area contributed by atoms with E-state index in [1.807, 2.05) is 13.8 Å². The first-order valence-corrected chi connectivity index (χ1v) is 4.11. The van der Waals surface area contributed by atoms with Crippen molar-refractivity contribution in [2.45, 2.75) is 24.6 Å². The summed E-state index contributed by atoms with van der Waals surface area (Å²) in [7, 11) is 0. The maximum atomic E-state index is 10.4. The van der Waals surface area contributed by atoms with Crippen molar-refractivity contribution in [3.63, 3.8) is 0 Å². The Morgan fingerprint density at radius 1 is 1.80 bits per heavy atom. The van der Waals surface area contributed by atoms with Crippen molar-refractivity contribution in [1.82, 2.24) is 5.32 Å². The van der Waals surface area contributed by atoms with E-state index in [4.69, 9.17) is 0 Å². The van der Waals surface area contributed by atoms with Crippen molar-refractivity contribution in [3.05, 3.63) is 0 Å². The summed E-state index contributed by atoms with van der Waals surface area (Å²) < 4.78 is -0.223. The highest BCUT2D eigenvalue weighted by atomic mass is 32.2. The molecule has 0 aromatic rings. The zero-order valence-electron chi connectivity index (χ0n) is 6.01. The van der Waals surface area contributed by atoms with Crippen LogP contribution in [0.2, 0.25) is 0 Å². The van der Waals surface area contributed by atoms with E-state index in [-0.39, 0.29) is 4.75 Å². The van der Waals surface area contributed by atoms with Crippen molar-refractivity contribution >= 4 is 17.7 Å². The van der Waals surface area contributed by atoms with Gasteiger partial charge >= 0.3 is 0 Å². The van der Waals surface area contributed by atoms with Gasteiger partial charge < -0.3 is 9.90 Å². The number of nitrogens with one attached hydrogen (secondary N) is 1. The SMILES string of the molecule is CC1(C)SCNC1C(=O)[O-]. The molecule has 1 rings (SSSR count). The maximum Gasteiger partial charge on any atom is 0.0618 e.